The van der Waals surface area contributed by atoms with Crippen LogP contribution in [0.4, 0.5) is 0 Å². The molecule has 0 aliphatic heterocycles. The van der Waals surface area contributed by atoms with Crippen LogP contribution in [0.15, 0.2) is 43.2 Å². The van der Waals surface area contributed by atoms with Crippen molar-refractivity contribution in [1.29, 1.82) is 0 Å². The monoisotopic (exact) mass is 273 g/mol. The van der Waals surface area contributed by atoms with E-state index >= 15 is 0 Å². The molecular weight excluding hydrogens is 262 g/mol. The second-order valence-corrected chi connectivity index (χ2v) is 4.69. The van der Waals surface area contributed by atoms with E-state index in [2.05, 4.69) is 15.1 Å². The zero-order chi connectivity index (χ0) is 13.2. The Morgan fingerprint density at radius 3 is 2.89 bits per heavy atom. The van der Waals surface area contributed by atoms with Gasteiger partial charge in [0, 0.05) is 36.4 Å². The molecule has 1 unspecified atom stereocenters. The highest BCUT2D eigenvalue weighted by Gasteiger charge is 2.14. The van der Waals surface area contributed by atoms with Crippen molar-refractivity contribution in [1.82, 2.24) is 19.6 Å². The van der Waals surface area contributed by atoms with Crippen LogP contribution in [-0.2, 0) is 6.42 Å². The van der Waals surface area contributed by atoms with Gasteiger partial charge in [0.2, 0.25) is 0 Å². The number of hydrogen-bond donors (Lipinski definition) is 1. The summed E-state index contributed by atoms with van der Waals surface area (Å²) in [6.07, 6.45) is 11.0. The lowest BCUT2D eigenvalue weighted by atomic mass is 10.0. The van der Waals surface area contributed by atoms with E-state index in [9.17, 15) is 0 Å². The molecule has 2 N–H and O–H groups in total. The molecule has 3 aromatic rings. The number of rotatable bonds is 3. The van der Waals surface area contributed by atoms with E-state index in [0.29, 0.717) is 11.4 Å². The van der Waals surface area contributed by atoms with Crippen molar-refractivity contribution in [2.75, 3.05) is 0 Å². The fraction of sp³-hybridized carbons (Fsp3) is 0.154. The molecule has 3 aromatic heterocycles. The lowest BCUT2D eigenvalue weighted by molar-refractivity contribution is 0.726. The summed E-state index contributed by atoms with van der Waals surface area (Å²) in [6.45, 7) is 0. The Kier molecular flexibility index (Phi) is 3.15. The average molecular weight is 274 g/mol. The van der Waals surface area contributed by atoms with Crippen molar-refractivity contribution in [3.05, 3.63) is 59.4 Å². The van der Waals surface area contributed by atoms with Crippen molar-refractivity contribution < 1.29 is 0 Å². The maximum Gasteiger partial charge on any atom is 0.0892 e. The van der Waals surface area contributed by atoms with E-state index in [1.807, 2.05) is 6.07 Å². The molecule has 0 radical (unpaired) electrons. The Labute approximate surface area is 115 Å². The van der Waals surface area contributed by atoms with Gasteiger partial charge in [0.1, 0.15) is 0 Å². The van der Waals surface area contributed by atoms with Crippen LogP contribution in [0.1, 0.15) is 17.2 Å². The molecule has 0 aliphatic carbocycles. The zero-order valence-corrected chi connectivity index (χ0v) is 10.8. The van der Waals surface area contributed by atoms with E-state index in [1.165, 1.54) is 0 Å². The molecule has 0 bridgehead atoms. The first-order chi connectivity index (χ1) is 9.25. The van der Waals surface area contributed by atoms with E-state index in [4.69, 9.17) is 17.3 Å². The molecule has 0 aromatic carbocycles. The van der Waals surface area contributed by atoms with Gasteiger partial charge in [0.15, 0.2) is 0 Å². The van der Waals surface area contributed by atoms with Crippen LogP contribution < -0.4 is 5.73 Å². The number of pyridine rings is 1. The number of aromatic nitrogens is 4. The summed E-state index contributed by atoms with van der Waals surface area (Å²) in [5.74, 6) is 0. The Bertz CT molecular complexity index is 709. The highest BCUT2D eigenvalue weighted by atomic mass is 35.5. The van der Waals surface area contributed by atoms with Gasteiger partial charge in [-0.2, -0.15) is 5.10 Å². The van der Waals surface area contributed by atoms with Crippen molar-refractivity contribution >= 4 is 17.1 Å². The minimum absolute atomic E-state index is 0.179. The minimum atomic E-state index is -0.179. The predicted octanol–water partition coefficient (Wildman–Crippen LogP) is 2.02. The highest BCUT2D eigenvalue weighted by Crippen LogP contribution is 2.23. The fourth-order valence-corrected chi connectivity index (χ4v) is 2.25. The third kappa shape index (κ3) is 2.30. The molecule has 0 amide bonds. The summed E-state index contributed by atoms with van der Waals surface area (Å²) in [5.41, 5.74) is 9.10. The summed E-state index contributed by atoms with van der Waals surface area (Å²) in [7, 11) is 0. The number of nitrogens with zero attached hydrogens (tertiary/aromatic N) is 4. The topological polar surface area (TPSA) is 69.1 Å². The van der Waals surface area contributed by atoms with Crippen molar-refractivity contribution in [3.63, 3.8) is 0 Å². The van der Waals surface area contributed by atoms with Crippen LogP contribution in [0.25, 0.3) is 5.52 Å². The second kappa shape index (κ2) is 4.95. The summed E-state index contributed by atoms with van der Waals surface area (Å²) < 4.78 is 1.76. The molecule has 6 heteroatoms. The second-order valence-electron chi connectivity index (χ2n) is 4.28. The first kappa shape index (κ1) is 12.1. The highest BCUT2D eigenvalue weighted by molar-refractivity contribution is 6.31. The number of nitrogens with two attached hydrogens (primary N) is 1. The first-order valence-electron chi connectivity index (χ1n) is 5.87. The largest absolute Gasteiger partial charge is 0.324 e. The molecule has 96 valence electrons. The van der Waals surface area contributed by atoms with E-state index in [0.717, 1.165) is 16.6 Å². The van der Waals surface area contributed by atoms with Crippen LogP contribution in [0.5, 0.6) is 0 Å². The molecule has 19 heavy (non-hydrogen) atoms. The van der Waals surface area contributed by atoms with E-state index < -0.39 is 0 Å². The van der Waals surface area contributed by atoms with Crippen LogP contribution in [0.2, 0.25) is 5.02 Å². The molecule has 0 saturated carbocycles. The van der Waals surface area contributed by atoms with Crippen molar-refractivity contribution in [2.45, 2.75) is 12.5 Å². The number of hydrogen-bond acceptors (Lipinski definition) is 4. The Balaban J connectivity index is 1.92. The molecule has 3 rings (SSSR count). The summed E-state index contributed by atoms with van der Waals surface area (Å²) in [5, 5.41) is 4.89. The Morgan fingerprint density at radius 2 is 2.05 bits per heavy atom. The van der Waals surface area contributed by atoms with Gasteiger partial charge in [-0.05, 0) is 18.1 Å². The van der Waals surface area contributed by atoms with Gasteiger partial charge >= 0.3 is 0 Å². The average Bonchev–Trinajstić information content (AvgIpc) is 2.85. The third-order valence-corrected chi connectivity index (χ3v) is 3.39. The minimum Gasteiger partial charge on any atom is -0.324 e. The summed E-state index contributed by atoms with van der Waals surface area (Å²) >= 11 is 6.10. The van der Waals surface area contributed by atoms with Gasteiger partial charge in [-0.15, -0.1) is 0 Å². The molecular formula is C13H12ClN5. The Hall–Kier alpha value is -1.98. The number of halogens is 1. The van der Waals surface area contributed by atoms with Crippen LogP contribution in [-0.4, -0.2) is 19.6 Å². The molecule has 0 aliphatic rings. The smallest absolute Gasteiger partial charge is 0.0892 e. The van der Waals surface area contributed by atoms with E-state index in [-0.39, 0.29) is 6.04 Å². The van der Waals surface area contributed by atoms with Gasteiger partial charge < -0.3 is 5.73 Å². The van der Waals surface area contributed by atoms with Gasteiger partial charge in [-0.1, -0.05) is 11.6 Å². The predicted molar refractivity (Wildman–Crippen MR) is 72.9 cm³/mol. The standard InChI is InChI=1S/C13H12ClN5/c14-11-7-16-2-1-9(11)5-12(15)10-6-18-19-4-3-17-8-13(10)19/h1-4,6-8,12H,5,15H2. The summed E-state index contributed by atoms with van der Waals surface area (Å²) in [4.78, 5) is 8.07. The zero-order valence-electron chi connectivity index (χ0n) is 10.1. The molecule has 5 nitrogen and oxygen atoms in total. The lowest BCUT2D eigenvalue weighted by Gasteiger charge is -2.11. The first-order valence-corrected chi connectivity index (χ1v) is 6.24. The molecule has 3 heterocycles. The normalized spacial score (nSPS) is 12.7. The molecule has 1 atom stereocenters. The van der Waals surface area contributed by atoms with Crippen LogP contribution >= 0.6 is 11.6 Å². The molecule has 0 fully saturated rings. The third-order valence-electron chi connectivity index (χ3n) is 3.05. The van der Waals surface area contributed by atoms with Crippen molar-refractivity contribution in [2.24, 2.45) is 5.73 Å². The SMILES string of the molecule is NC(Cc1ccncc1Cl)c1cnn2ccncc12. The molecule has 0 spiro atoms. The number of fused-ring (bicyclic) bond motifs is 1. The fourth-order valence-electron chi connectivity index (χ4n) is 2.05. The summed E-state index contributed by atoms with van der Waals surface area (Å²) in [6, 6.07) is 1.70. The van der Waals surface area contributed by atoms with Gasteiger partial charge in [-0.25, -0.2) is 4.52 Å². The van der Waals surface area contributed by atoms with Gasteiger partial charge in [-0.3, -0.25) is 9.97 Å². The van der Waals surface area contributed by atoms with Gasteiger partial charge in [0.25, 0.3) is 0 Å². The van der Waals surface area contributed by atoms with E-state index in [1.54, 1.807) is 41.7 Å². The van der Waals surface area contributed by atoms with Crippen molar-refractivity contribution in [3.8, 4) is 0 Å². The quantitative estimate of drug-likeness (QED) is 0.793. The Morgan fingerprint density at radius 1 is 1.21 bits per heavy atom. The van der Waals surface area contributed by atoms with Crippen LogP contribution in [0.3, 0.4) is 0 Å². The van der Waals surface area contributed by atoms with Crippen LogP contribution in [0, 0.1) is 0 Å². The maximum absolute atomic E-state index is 6.25. The molecule has 0 saturated heterocycles. The van der Waals surface area contributed by atoms with Gasteiger partial charge in [0.05, 0.1) is 22.9 Å². The maximum atomic E-state index is 6.25. The lowest BCUT2D eigenvalue weighted by Crippen LogP contribution is -2.13.